The van der Waals surface area contributed by atoms with E-state index in [4.69, 9.17) is 22.1 Å². The largest absolute Gasteiger partial charge is 0.495 e. The van der Waals surface area contributed by atoms with Crippen molar-refractivity contribution in [3.63, 3.8) is 0 Å². The molecule has 0 spiro atoms. The minimum Gasteiger partial charge on any atom is -0.495 e. The van der Waals surface area contributed by atoms with Crippen molar-refractivity contribution >= 4 is 34.2 Å². The highest BCUT2D eigenvalue weighted by Crippen LogP contribution is 2.28. The van der Waals surface area contributed by atoms with Gasteiger partial charge in [0, 0.05) is 10.1 Å². The Kier molecular flexibility index (Phi) is 3.61. The SMILES string of the molecule is COc1cc(I)c(CN)cc1Cl. The van der Waals surface area contributed by atoms with Crippen LogP contribution in [0.15, 0.2) is 12.1 Å². The van der Waals surface area contributed by atoms with Gasteiger partial charge in [-0.1, -0.05) is 11.6 Å². The summed E-state index contributed by atoms with van der Waals surface area (Å²) in [6, 6.07) is 3.72. The van der Waals surface area contributed by atoms with Gasteiger partial charge in [-0.05, 0) is 40.3 Å². The molecule has 0 saturated carbocycles. The lowest BCUT2D eigenvalue weighted by Gasteiger charge is -2.06. The molecule has 0 unspecified atom stereocenters. The van der Waals surface area contributed by atoms with Gasteiger partial charge < -0.3 is 10.5 Å². The van der Waals surface area contributed by atoms with E-state index in [9.17, 15) is 0 Å². The predicted molar refractivity (Wildman–Crippen MR) is 58.6 cm³/mol. The van der Waals surface area contributed by atoms with Gasteiger partial charge in [0.2, 0.25) is 0 Å². The van der Waals surface area contributed by atoms with E-state index >= 15 is 0 Å². The minimum absolute atomic E-state index is 0.502. The monoisotopic (exact) mass is 297 g/mol. The van der Waals surface area contributed by atoms with Crippen LogP contribution in [0.5, 0.6) is 5.75 Å². The Labute approximate surface area is 90.2 Å². The smallest absolute Gasteiger partial charge is 0.138 e. The summed E-state index contributed by atoms with van der Waals surface area (Å²) in [5, 5.41) is 0.610. The molecule has 0 aliphatic carbocycles. The maximum absolute atomic E-state index is 5.90. The fraction of sp³-hybridized carbons (Fsp3) is 0.250. The second-order valence-corrected chi connectivity index (χ2v) is 3.85. The van der Waals surface area contributed by atoms with Crippen molar-refractivity contribution in [1.82, 2.24) is 0 Å². The van der Waals surface area contributed by atoms with Gasteiger partial charge in [0.25, 0.3) is 0 Å². The number of ether oxygens (including phenoxy) is 1. The normalized spacial score (nSPS) is 10.0. The molecule has 1 rings (SSSR count). The molecule has 0 heterocycles. The molecule has 2 nitrogen and oxygen atoms in total. The summed E-state index contributed by atoms with van der Waals surface area (Å²) in [6.07, 6.45) is 0. The van der Waals surface area contributed by atoms with Crippen molar-refractivity contribution in [3.8, 4) is 5.75 Å². The Morgan fingerprint density at radius 1 is 1.58 bits per heavy atom. The summed E-state index contributed by atoms with van der Waals surface area (Å²) < 4.78 is 6.13. The summed E-state index contributed by atoms with van der Waals surface area (Å²) in [5.41, 5.74) is 6.55. The van der Waals surface area contributed by atoms with Crippen molar-refractivity contribution in [2.45, 2.75) is 6.54 Å². The first-order valence-corrected chi connectivity index (χ1v) is 4.86. The summed E-state index contributed by atoms with van der Waals surface area (Å²) in [7, 11) is 1.60. The molecule has 66 valence electrons. The third-order valence-electron chi connectivity index (χ3n) is 1.54. The Morgan fingerprint density at radius 2 is 2.25 bits per heavy atom. The van der Waals surface area contributed by atoms with Gasteiger partial charge >= 0.3 is 0 Å². The minimum atomic E-state index is 0.502. The summed E-state index contributed by atoms with van der Waals surface area (Å²) in [5.74, 6) is 0.693. The fourth-order valence-corrected chi connectivity index (χ4v) is 1.80. The molecule has 0 aromatic heterocycles. The van der Waals surface area contributed by atoms with E-state index in [0.717, 1.165) is 9.13 Å². The van der Waals surface area contributed by atoms with Crippen molar-refractivity contribution < 1.29 is 4.74 Å². The summed E-state index contributed by atoms with van der Waals surface area (Å²) in [6.45, 7) is 0.502. The molecule has 0 atom stereocenters. The lowest BCUT2D eigenvalue weighted by Crippen LogP contribution is -1.99. The maximum atomic E-state index is 5.90. The third-order valence-corrected chi connectivity index (χ3v) is 2.84. The number of hydrogen-bond donors (Lipinski definition) is 1. The van der Waals surface area contributed by atoms with Crippen LogP contribution in [0.2, 0.25) is 5.02 Å². The molecule has 0 fully saturated rings. The Bertz CT molecular complexity index is 261. The molecule has 2 N–H and O–H groups in total. The Morgan fingerprint density at radius 3 is 2.75 bits per heavy atom. The van der Waals surface area contributed by atoms with Crippen LogP contribution < -0.4 is 10.5 Å². The molecule has 0 bridgehead atoms. The van der Waals surface area contributed by atoms with Crippen LogP contribution in [0.3, 0.4) is 0 Å². The number of benzene rings is 1. The molecule has 0 amide bonds. The van der Waals surface area contributed by atoms with Gasteiger partial charge in [-0.15, -0.1) is 0 Å². The first-order valence-electron chi connectivity index (χ1n) is 3.41. The number of methoxy groups -OCH3 is 1. The zero-order valence-electron chi connectivity index (χ0n) is 6.60. The van der Waals surface area contributed by atoms with Crippen molar-refractivity contribution in [2.24, 2.45) is 5.73 Å². The van der Waals surface area contributed by atoms with Gasteiger partial charge in [0.1, 0.15) is 5.75 Å². The van der Waals surface area contributed by atoms with E-state index in [0.29, 0.717) is 17.3 Å². The highest BCUT2D eigenvalue weighted by Gasteiger charge is 2.05. The molecule has 12 heavy (non-hydrogen) atoms. The topological polar surface area (TPSA) is 35.2 Å². The molecule has 1 aromatic carbocycles. The average Bonchev–Trinajstić information content (AvgIpc) is 2.08. The number of rotatable bonds is 2. The van der Waals surface area contributed by atoms with Crippen LogP contribution in [0.4, 0.5) is 0 Å². The average molecular weight is 298 g/mol. The molecular weight excluding hydrogens is 288 g/mol. The standard InChI is InChI=1S/C8H9ClINO/c1-12-8-3-7(10)5(4-11)2-6(8)9/h2-3H,4,11H2,1H3. The maximum Gasteiger partial charge on any atom is 0.138 e. The Balaban J connectivity index is 3.16. The van der Waals surface area contributed by atoms with E-state index in [2.05, 4.69) is 22.6 Å². The molecule has 0 aliphatic heterocycles. The Hall–Kier alpha value is -0.000000000000000167. The fourth-order valence-electron chi connectivity index (χ4n) is 0.883. The molecule has 0 aliphatic rings. The van der Waals surface area contributed by atoms with Crippen LogP contribution >= 0.6 is 34.2 Å². The first kappa shape index (κ1) is 10.1. The molecule has 1 aromatic rings. The molecule has 4 heteroatoms. The van der Waals surface area contributed by atoms with Crippen molar-refractivity contribution in [3.05, 3.63) is 26.3 Å². The van der Waals surface area contributed by atoms with Crippen LogP contribution in [0, 0.1) is 3.57 Å². The van der Waals surface area contributed by atoms with Crippen molar-refractivity contribution in [1.29, 1.82) is 0 Å². The predicted octanol–water partition coefficient (Wildman–Crippen LogP) is 2.41. The van der Waals surface area contributed by atoms with Crippen LogP contribution in [0.1, 0.15) is 5.56 Å². The van der Waals surface area contributed by atoms with Crippen LogP contribution in [-0.2, 0) is 6.54 Å². The van der Waals surface area contributed by atoms with Crippen LogP contribution in [0.25, 0.3) is 0 Å². The molecule has 0 radical (unpaired) electrons. The molecular formula is C8H9ClINO. The van der Waals surface area contributed by atoms with E-state index < -0.39 is 0 Å². The van der Waals surface area contributed by atoms with Gasteiger partial charge in [-0.3, -0.25) is 0 Å². The quantitative estimate of drug-likeness (QED) is 0.851. The van der Waals surface area contributed by atoms with Gasteiger partial charge in [-0.25, -0.2) is 0 Å². The number of nitrogens with two attached hydrogens (primary N) is 1. The number of hydrogen-bond acceptors (Lipinski definition) is 2. The molecule has 0 saturated heterocycles. The van der Waals surface area contributed by atoms with Gasteiger partial charge in [0.15, 0.2) is 0 Å². The first-order chi connectivity index (χ1) is 5.69. The van der Waals surface area contributed by atoms with E-state index in [1.165, 1.54) is 0 Å². The third kappa shape index (κ3) is 2.02. The van der Waals surface area contributed by atoms with E-state index in [1.54, 1.807) is 7.11 Å². The second kappa shape index (κ2) is 4.30. The summed E-state index contributed by atoms with van der Waals surface area (Å²) >= 11 is 8.10. The summed E-state index contributed by atoms with van der Waals surface area (Å²) in [4.78, 5) is 0. The van der Waals surface area contributed by atoms with E-state index in [-0.39, 0.29) is 0 Å². The van der Waals surface area contributed by atoms with Crippen molar-refractivity contribution in [2.75, 3.05) is 7.11 Å². The zero-order valence-corrected chi connectivity index (χ0v) is 9.52. The van der Waals surface area contributed by atoms with E-state index in [1.807, 2.05) is 12.1 Å². The van der Waals surface area contributed by atoms with Crippen LogP contribution in [-0.4, -0.2) is 7.11 Å². The number of halogens is 2. The highest BCUT2D eigenvalue weighted by molar-refractivity contribution is 14.1. The van der Waals surface area contributed by atoms with Gasteiger partial charge in [-0.2, -0.15) is 0 Å². The lowest BCUT2D eigenvalue weighted by atomic mass is 10.2. The highest BCUT2D eigenvalue weighted by atomic mass is 127. The lowest BCUT2D eigenvalue weighted by molar-refractivity contribution is 0.414. The second-order valence-electron chi connectivity index (χ2n) is 2.28. The zero-order chi connectivity index (χ0) is 9.14. The van der Waals surface area contributed by atoms with Gasteiger partial charge in [0.05, 0.1) is 12.1 Å².